The number of fused-ring (bicyclic) bond motifs is 1. The Balaban J connectivity index is 0.00000278. The molecular formula is C48H44F18N2O6. The molecule has 5 rings (SSSR count). The van der Waals surface area contributed by atoms with Crippen molar-refractivity contribution in [2.24, 2.45) is 0 Å². The SMILES string of the molecule is CC.CCC.CN(C(=O)c1cc(C(c2ccc3c(c2)C(=O)NC3=O)(C(F)(F)F)C(F)(F)F)ccc1C=O)c1ccc(Cc2ccc(C(C)(C)C)c(C(O)(C(F)(F)F)C(F)(F)F)c2)cc1C(O)(C(F)(F)F)C(F)(F)F. The number of imide groups is 1. The molecule has 0 saturated heterocycles. The van der Waals surface area contributed by atoms with Gasteiger partial charge in [-0.05, 0) is 70.0 Å². The molecule has 1 aliphatic heterocycles. The van der Waals surface area contributed by atoms with Crippen LogP contribution in [0.4, 0.5) is 84.7 Å². The van der Waals surface area contributed by atoms with Crippen LogP contribution in [0.2, 0.25) is 0 Å². The third-order valence-corrected chi connectivity index (χ3v) is 11.3. The number of carbonyl (C=O) groups is 4. The fraction of sp³-hybridized carbons (Fsp3) is 0.417. The summed E-state index contributed by atoms with van der Waals surface area (Å²) in [7, 11) is 0.304. The van der Waals surface area contributed by atoms with Crippen molar-refractivity contribution in [3.63, 3.8) is 0 Å². The van der Waals surface area contributed by atoms with Crippen molar-refractivity contribution < 1.29 is 108 Å². The van der Waals surface area contributed by atoms with Crippen LogP contribution < -0.4 is 10.2 Å². The van der Waals surface area contributed by atoms with Gasteiger partial charge in [-0.3, -0.25) is 24.5 Å². The highest BCUT2D eigenvalue weighted by molar-refractivity contribution is 6.21. The highest BCUT2D eigenvalue weighted by atomic mass is 19.4. The van der Waals surface area contributed by atoms with Crippen LogP contribution in [-0.4, -0.2) is 78.3 Å². The lowest BCUT2D eigenvalue weighted by Crippen LogP contribution is -2.55. The van der Waals surface area contributed by atoms with E-state index in [2.05, 4.69) is 13.8 Å². The van der Waals surface area contributed by atoms with Gasteiger partial charge in [-0.1, -0.05) is 97.4 Å². The minimum Gasteiger partial charge on any atom is -0.369 e. The summed E-state index contributed by atoms with van der Waals surface area (Å²) < 4.78 is 263. The van der Waals surface area contributed by atoms with Gasteiger partial charge in [-0.15, -0.1) is 0 Å². The maximum Gasteiger partial charge on any atom is 0.430 e. The number of carbonyl (C=O) groups excluding carboxylic acids is 4. The second kappa shape index (κ2) is 20.9. The van der Waals surface area contributed by atoms with Crippen LogP contribution in [0.15, 0.2) is 72.8 Å². The minimum atomic E-state index is -6.84. The van der Waals surface area contributed by atoms with Gasteiger partial charge < -0.3 is 15.1 Å². The number of aldehydes is 1. The Morgan fingerprint density at radius 3 is 1.39 bits per heavy atom. The summed E-state index contributed by atoms with van der Waals surface area (Å²) in [6, 6.07) is 2.77. The molecule has 4 aromatic carbocycles. The lowest BCUT2D eigenvalue weighted by atomic mass is 9.71. The number of alkyl halides is 18. The first-order valence-corrected chi connectivity index (χ1v) is 21.5. The quantitative estimate of drug-likeness (QED) is 0.0871. The fourth-order valence-electron chi connectivity index (χ4n) is 7.85. The zero-order chi connectivity index (χ0) is 57.6. The molecule has 1 aliphatic rings. The number of rotatable bonds is 9. The summed E-state index contributed by atoms with van der Waals surface area (Å²) in [4.78, 5) is 50.3. The maximum atomic E-state index is 15.2. The van der Waals surface area contributed by atoms with Crippen molar-refractivity contribution in [3.05, 3.63) is 134 Å². The molecule has 408 valence electrons. The molecule has 3 amide bonds. The highest BCUT2D eigenvalue weighted by Crippen LogP contribution is 2.58. The summed E-state index contributed by atoms with van der Waals surface area (Å²) in [5.41, 5.74) is -35.0. The van der Waals surface area contributed by atoms with Crippen molar-refractivity contribution >= 4 is 29.7 Å². The molecule has 4 aromatic rings. The molecule has 1 heterocycles. The Morgan fingerprint density at radius 1 is 0.554 bits per heavy atom. The Morgan fingerprint density at radius 2 is 0.959 bits per heavy atom. The van der Waals surface area contributed by atoms with E-state index in [0.29, 0.717) is 25.2 Å². The van der Waals surface area contributed by atoms with Crippen LogP contribution in [0.3, 0.4) is 0 Å². The molecule has 0 aromatic heterocycles. The molecule has 0 bridgehead atoms. The molecule has 0 atom stereocenters. The molecule has 0 radical (unpaired) electrons. The van der Waals surface area contributed by atoms with Gasteiger partial charge in [0.05, 0.1) is 22.4 Å². The van der Waals surface area contributed by atoms with E-state index < -0.39 is 150 Å². The lowest BCUT2D eigenvalue weighted by molar-refractivity contribution is -0.376. The number of benzene rings is 4. The van der Waals surface area contributed by atoms with Crippen molar-refractivity contribution in [1.82, 2.24) is 5.32 Å². The van der Waals surface area contributed by atoms with Crippen molar-refractivity contribution in [3.8, 4) is 0 Å². The Kier molecular flexibility index (Phi) is 17.5. The molecule has 0 fully saturated rings. The molecule has 0 saturated carbocycles. The summed E-state index contributed by atoms with van der Waals surface area (Å²) >= 11 is 0. The molecule has 3 N–H and O–H groups in total. The number of nitrogens with zero attached hydrogens (tertiary/aromatic N) is 1. The number of hydrogen-bond acceptors (Lipinski definition) is 6. The van der Waals surface area contributed by atoms with Gasteiger partial charge in [0.2, 0.25) is 5.41 Å². The van der Waals surface area contributed by atoms with E-state index in [-0.39, 0.29) is 59.7 Å². The zero-order valence-corrected chi connectivity index (χ0v) is 39.7. The van der Waals surface area contributed by atoms with Crippen LogP contribution in [-0.2, 0) is 28.5 Å². The molecule has 74 heavy (non-hydrogen) atoms. The Hall–Kier alpha value is -6.18. The standard InChI is InChI=1S/C43H30F18N2O6.C3H8.C2H6/c1-34(2,3)27-11-5-19(14-28(27)36(68,40(50,51)52)41(53,54)55)13-20-6-12-30(29(15-20)37(69,42(56,57)58)43(59,60)61)63(4)33(67)25-16-22(8-7-21(25)18-64)35(38(44,45)46,39(47,48)49)23-9-10-24-26(17-23)32(66)62-31(24)65;1-3-2;1-2/h5-12,14-18,68-69H,13H2,1-4H3,(H,62,65,66);3H2,1-2H3;1-2H3. The third kappa shape index (κ3) is 10.8. The summed E-state index contributed by atoms with van der Waals surface area (Å²) in [5.74, 6) is -4.75. The van der Waals surface area contributed by atoms with E-state index in [0.717, 1.165) is 26.8 Å². The average molecular weight is 1090 g/mol. The Labute approximate surface area is 409 Å². The van der Waals surface area contributed by atoms with Gasteiger partial charge in [0, 0.05) is 23.7 Å². The second-order valence-electron chi connectivity index (χ2n) is 17.4. The van der Waals surface area contributed by atoms with Gasteiger partial charge in [-0.25, -0.2) is 0 Å². The van der Waals surface area contributed by atoms with Gasteiger partial charge in [0.25, 0.3) is 28.9 Å². The molecular weight excluding hydrogens is 1040 g/mol. The maximum absolute atomic E-state index is 15.2. The lowest BCUT2D eigenvalue weighted by Gasteiger charge is -2.39. The topological polar surface area (TPSA) is 124 Å². The first kappa shape index (κ1) is 62.1. The van der Waals surface area contributed by atoms with Gasteiger partial charge in [0.15, 0.2) is 6.29 Å². The van der Waals surface area contributed by atoms with Crippen molar-refractivity contribution in [1.29, 1.82) is 0 Å². The van der Waals surface area contributed by atoms with E-state index in [1.54, 1.807) is 5.32 Å². The Bertz CT molecular complexity index is 2700. The third-order valence-electron chi connectivity index (χ3n) is 11.3. The van der Waals surface area contributed by atoms with Crippen LogP contribution >= 0.6 is 0 Å². The van der Waals surface area contributed by atoms with Crippen LogP contribution in [0.5, 0.6) is 0 Å². The largest absolute Gasteiger partial charge is 0.430 e. The second-order valence-corrected chi connectivity index (χ2v) is 17.4. The first-order chi connectivity index (χ1) is 33.4. The summed E-state index contributed by atoms with van der Waals surface area (Å²) in [6.45, 7) is 11.6. The monoisotopic (exact) mass is 1090 g/mol. The van der Waals surface area contributed by atoms with Crippen LogP contribution in [0.1, 0.15) is 135 Å². The molecule has 0 aliphatic carbocycles. The number of hydrogen-bond donors (Lipinski definition) is 3. The number of amides is 3. The van der Waals surface area contributed by atoms with Gasteiger partial charge >= 0.3 is 37.1 Å². The smallest absolute Gasteiger partial charge is 0.369 e. The molecule has 0 unspecified atom stereocenters. The summed E-state index contributed by atoms with van der Waals surface area (Å²) in [5, 5.41) is 22.6. The number of nitrogens with one attached hydrogen (secondary N) is 1. The predicted molar refractivity (Wildman–Crippen MR) is 229 cm³/mol. The van der Waals surface area contributed by atoms with E-state index in [4.69, 9.17) is 0 Å². The van der Waals surface area contributed by atoms with Gasteiger partial charge in [-0.2, -0.15) is 79.0 Å². The van der Waals surface area contributed by atoms with E-state index >= 15 is 26.3 Å². The summed E-state index contributed by atoms with van der Waals surface area (Å²) in [6.07, 6.45) is -40.0. The molecule has 0 spiro atoms. The predicted octanol–water partition coefficient (Wildman–Crippen LogP) is 13.0. The molecule has 26 heteroatoms. The van der Waals surface area contributed by atoms with Crippen molar-refractivity contribution in [2.45, 2.75) is 120 Å². The van der Waals surface area contributed by atoms with Crippen LogP contribution in [0, 0.1) is 0 Å². The average Bonchev–Trinajstić information content (AvgIpc) is 3.54. The minimum absolute atomic E-state index is 0.0376. The number of halogens is 18. The van der Waals surface area contributed by atoms with E-state index in [1.165, 1.54) is 6.42 Å². The number of anilines is 1. The van der Waals surface area contributed by atoms with Crippen molar-refractivity contribution in [2.75, 3.05) is 11.9 Å². The fourth-order valence-corrected chi connectivity index (χ4v) is 7.85. The van der Waals surface area contributed by atoms with Gasteiger partial charge in [0.1, 0.15) is 0 Å². The molecule has 8 nitrogen and oxygen atoms in total. The van der Waals surface area contributed by atoms with E-state index in [1.807, 2.05) is 13.8 Å². The zero-order valence-electron chi connectivity index (χ0n) is 39.7. The number of aliphatic hydroxyl groups is 2. The highest BCUT2D eigenvalue weighted by Gasteiger charge is 2.75. The van der Waals surface area contributed by atoms with Crippen LogP contribution in [0.25, 0.3) is 0 Å². The van der Waals surface area contributed by atoms with E-state index in [9.17, 15) is 82.1 Å². The first-order valence-electron chi connectivity index (χ1n) is 21.5. The normalized spacial score (nSPS) is 14.1.